The smallest absolute Gasteiger partial charge is 0.222 e. The quantitative estimate of drug-likeness (QED) is 0.560. The zero-order chi connectivity index (χ0) is 15.6. The number of carbonyl (C=O) groups is 1. The lowest BCUT2D eigenvalue weighted by molar-refractivity contribution is -0.125. The average molecular weight is 292 g/mol. The molecule has 1 amide bonds. The van der Waals surface area contributed by atoms with Gasteiger partial charge in [-0.3, -0.25) is 4.79 Å². The predicted octanol–water partition coefficient (Wildman–Crippen LogP) is 1.13. The summed E-state index contributed by atoms with van der Waals surface area (Å²) in [6.45, 7) is 8.98. The third-order valence-electron chi connectivity index (χ3n) is 2.93. The summed E-state index contributed by atoms with van der Waals surface area (Å²) in [7, 11) is 1.85. The van der Waals surface area contributed by atoms with Gasteiger partial charge in [-0.15, -0.1) is 0 Å². The van der Waals surface area contributed by atoms with Crippen molar-refractivity contribution >= 4 is 5.91 Å². The fourth-order valence-corrected chi connectivity index (χ4v) is 1.37. The van der Waals surface area contributed by atoms with E-state index in [2.05, 4.69) is 10.6 Å². The molecule has 0 aliphatic heterocycles. The monoisotopic (exact) mass is 292 g/mol. The van der Waals surface area contributed by atoms with Gasteiger partial charge < -0.3 is 20.1 Å². The molecule has 0 aliphatic rings. The van der Waals surface area contributed by atoms with E-state index in [0.29, 0.717) is 19.8 Å². The zero-order valence-electron chi connectivity index (χ0n) is 13.3. The molecule has 0 aliphatic carbocycles. The maximum atomic E-state index is 14.0. The fourth-order valence-electron chi connectivity index (χ4n) is 1.37. The molecule has 2 N–H and O–H groups in total. The van der Waals surface area contributed by atoms with E-state index in [1.807, 2.05) is 7.05 Å². The van der Waals surface area contributed by atoms with E-state index in [1.54, 1.807) is 27.7 Å². The van der Waals surface area contributed by atoms with Crippen LogP contribution in [0.1, 0.15) is 27.7 Å². The van der Waals surface area contributed by atoms with Crippen molar-refractivity contribution in [2.75, 3.05) is 40.0 Å². The van der Waals surface area contributed by atoms with Crippen molar-refractivity contribution in [2.45, 2.75) is 39.5 Å². The van der Waals surface area contributed by atoms with Crippen LogP contribution in [-0.4, -0.2) is 57.6 Å². The van der Waals surface area contributed by atoms with E-state index >= 15 is 0 Å². The molecule has 0 aromatic heterocycles. The van der Waals surface area contributed by atoms with Gasteiger partial charge in [0.25, 0.3) is 0 Å². The summed E-state index contributed by atoms with van der Waals surface area (Å²) < 4.78 is 24.8. The van der Waals surface area contributed by atoms with Crippen LogP contribution in [0, 0.1) is 5.92 Å². The molecule has 120 valence electrons. The first-order valence-corrected chi connectivity index (χ1v) is 7.09. The number of hydrogen-bond acceptors (Lipinski definition) is 4. The second kappa shape index (κ2) is 10.1. The van der Waals surface area contributed by atoms with Crippen molar-refractivity contribution in [2.24, 2.45) is 5.92 Å². The van der Waals surface area contributed by atoms with Crippen LogP contribution in [0.15, 0.2) is 0 Å². The standard InChI is InChI=1S/C14H29FN2O3/c1-11(2)13(18)17-10-12(15)14(3,4)20-9-8-19-7-6-16-5/h11-12,16H,6-10H2,1-5H3,(H,17,18). The van der Waals surface area contributed by atoms with Gasteiger partial charge >= 0.3 is 0 Å². The Hall–Kier alpha value is -0.720. The SMILES string of the molecule is CNCCOCCOC(C)(C)C(F)CNC(=O)C(C)C. The lowest BCUT2D eigenvalue weighted by Crippen LogP contribution is -2.45. The van der Waals surface area contributed by atoms with E-state index in [4.69, 9.17) is 9.47 Å². The molecule has 0 heterocycles. The molecule has 0 bridgehead atoms. The van der Waals surface area contributed by atoms with Crippen molar-refractivity contribution in [1.29, 1.82) is 0 Å². The van der Waals surface area contributed by atoms with Crippen LogP contribution in [0.3, 0.4) is 0 Å². The number of likely N-dealkylation sites (N-methyl/N-ethyl adjacent to an activating group) is 1. The summed E-state index contributed by atoms with van der Waals surface area (Å²) >= 11 is 0. The first kappa shape index (κ1) is 19.3. The van der Waals surface area contributed by atoms with Crippen molar-refractivity contribution in [3.8, 4) is 0 Å². The summed E-state index contributed by atoms with van der Waals surface area (Å²) in [4.78, 5) is 11.4. The summed E-state index contributed by atoms with van der Waals surface area (Å²) in [5.41, 5.74) is -0.948. The minimum Gasteiger partial charge on any atom is -0.378 e. The van der Waals surface area contributed by atoms with Gasteiger partial charge in [-0.2, -0.15) is 0 Å². The first-order valence-electron chi connectivity index (χ1n) is 7.09. The highest BCUT2D eigenvalue weighted by molar-refractivity contribution is 5.77. The van der Waals surface area contributed by atoms with Crippen LogP contribution in [-0.2, 0) is 14.3 Å². The molecule has 0 radical (unpaired) electrons. The van der Waals surface area contributed by atoms with Crippen LogP contribution in [0.25, 0.3) is 0 Å². The van der Waals surface area contributed by atoms with Crippen molar-refractivity contribution in [1.82, 2.24) is 10.6 Å². The van der Waals surface area contributed by atoms with Gasteiger partial charge in [0.15, 0.2) is 0 Å². The number of hydrogen-bond donors (Lipinski definition) is 2. The van der Waals surface area contributed by atoms with E-state index in [1.165, 1.54) is 0 Å². The Morgan fingerprint density at radius 3 is 2.45 bits per heavy atom. The zero-order valence-corrected chi connectivity index (χ0v) is 13.3. The maximum Gasteiger partial charge on any atom is 0.222 e. The Bertz CT molecular complexity index is 273. The Balaban J connectivity index is 3.87. The third-order valence-corrected chi connectivity index (χ3v) is 2.93. The number of carbonyl (C=O) groups excluding carboxylic acids is 1. The Kier molecular flexibility index (Phi) is 9.71. The first-order chi connectivity index (χ1) is 9.31. The van der Waals surface area contributed by atoms with Gasteiger partial charge in [-0.25, -0.2) is 4.39 Å². The van der Waals surface area contributed by atoms with E-state index in [9.17, 15) is 9.18 Å². The molecule has 1 unspecified atom stereocenters. The molecule has 0 aromatic rings. The third kappa shape index (κ3) is 8.45. The molecule has 1 atom stereocenters. The lowest BCUT2D eigenvalue weighted by Gasteiger charge is -2.29. The summed E-state index contributed by atoms with van der Waals surface area (Å²) in [6, 6.07) is 0. The minimum atomic E-state index is -1.26. The number of ether oxygens (including phenoxy) is 2. The molecular weight excluding hydrogens is 263 g/mol. The van der Waals surface area contributed by atoms with Crippen molar-refractivity contribution < 1.29 is 18.7 Å². The molecule has 0 aromatic carbocycles. The topological polar surface area (TPSA) is 59.6 Å². The van der Waals surface area contributed by atoms with Gasteiger partial charge in [0.05, 0.1) is 32.0 Å². The van der Waals surface area contributed by atoms with E-state index in [0.717, 1.165) is 6.54 Å². The van der Waals surface area contributed by atoms with Crippen LogP contribution in [0.4, 0.5) is 4.39 Å². The van der Waals surface area contributed by atoms with Gasteiger partial charge in [0.1, 0.15) is 6.17 Å². The van der Waals surface area contributed by atoms with E-state index in [-0.39, 0.29) is 18.4 Å². The highest BCUT2D eigenvalue weighted by Gasteiger charge is 2.30. The molecule has 0 rings (SSSR count). The minimum absolute atomic E-state index is 0.0371. The molecule has 0 saturated heterocycles. The van der Waals surface area contributed by atoms with Gasteiger partial charge in [-0.1, -0.05) is 13.8 Å². The van der Waals surface area contributed by atoms with Crippen molar-refractivity contribution in [3.05, 3.63) is 0 Å². The highest BCUT2D eigenvalue weighted by atomic mass is 19.1. The summed E-state index contributed by atoms with van der Waals surface area (Å²) in [6.07, 6.45) is -1.26. The predicted molar refractivity (Wildman–Crippen MR) is 77.5 cm³/mol. The number of rotatable bonds is 11. The van der Waals surface area contributed by atoms with Crippen LogP contribution in [0.2, 0.25) is 0 Å². The van der Waals surface area contributed by atoms with E-state index < -0.39 is 11.8 Å². The Labute approximate surface area is 121 Å². The van der Waals surface area contributed by atoms with Crippen LogP contribution in [0.5, 0.6) is 0 Å². The van der Waals surface area contributed by atoms with Crippen molar-refractivity contribution in [3.63, 3.8) is 0 Å². The average Bonchev–Trinajstić information content (AvgIpc) is 2.39. The normalized spacial score (nSPS) is 13.6. The number of alkyl halides is 1. The fraction of sp³-hybridized carbons (Fsp3) is 0.929. The molecule has 0 spiro atoms. The largest absolute Gasteiger partial charge is 0.378 e. The molecular formula is C14H29FN2O3. The number of nitrogens with one attached hydrogen (secondary N) is 2. The molecule has 6 heteroatoms. The second-order valence-electron chi connectivity index (χ2n) is 5.54. The number of halogens is 1. The maximum absolute atomic E-state index is 14.0. The molecule has 20 heavy (non-hydrogen) atoms. The van der Waals surface area contributed by atoms with Gasteiger partial charge in [-0.05, 0) is 20.9 Å². The Morgan fingerprint density at radius 2 is 1.90 bits per heavy atom. The highest BCUT2D eigenvalue weighted by Crippen LogP contribution is 2.17. The summed E-state index contributed by atoms with van der Waals surface area (Å²) in [5, 5.41) is 5.54. The Morgan fingerprint density at radius 1 is 1.25 bits per heavy atom. The van der Waals surface area contributed by atoms with Gasteiger partial charge in [0.2, 0.25) is 5.91 Å². The second-order valence-corrected chi connectivity index (χ2v) is 5.54. The van der Waals surface area contributed by atoms with Crippen LogP contribution >= 0.6 is 0 Å². The number of amides is 1. The molecule has 0 saturated carbocycles. The van der Waals surface area contributed by atoms with Crippen LogP contribution < -0.4 is 10.6 Å². The van der Waals surface area contributed by atoms with Gasteiger partial charge in [0, 0.05) is 12.5 Å². The lowest BCUT2D eigenvalue weighted by atomic mass is 10.0. The molecule has 0 fully saturated rings. The molecule has 5 nitrogen and oxygen atoms in total. The summed E-state index contributed by atoms with van der Waals surface area (Å²) in [5.74, 6) is -0.300.